The number of rotatable bonds is 5. The summed E-state index contributed by atoms with van der Waals surface area (Å²) in [7, 11) is 0. The van der Waals surface area contributed by atoms with E-state index >= 15 is 0 Å². The number of aliphatic hydroxyl groups excluding tert-OH is 1. The van der Waals surface area contributed by atoms with Crippen molar-refractivity contribution in [3.63, 3.8) is 0 Å². The van der Waals surface area contributed by atoms with Crippen LogP contribution in [0, 0.1) is 12.7 Å². The standard InChI is InChI=1S/C11H14FNO3/c1-7-9(12)3-2-4-10(7)13-6-8(14)5-11(15)16/h2-4,8,13-14H,5-6H2,1H3,(H,15,16). The Balaban J connectivity index is 2.54. The van der Waals surface area contributed by atoms with Gasteiger partial charge in [-0.1, -0.05) is 6.07 Å². The zero-order chi connectivity index (χ0) is 12.1. The van der Waals surface area contributed by atoms with Crippen molar-refractivity contribution in [2.24, 2.45) is 0 Å². The van der Waals surface area contributed by atoms with Gasteiger partial charge in [-0.3, -0.25) is 4.79 Å². The molecule has 1 aromatic carbocycles. The van der Waals surface area contributed by atoms with E-state index < -0.39 is 12.1 Å². The van der Waals surface area contributed by atoms with Gasteiger partial charge in [-0.2, -0.15) is 0 Å². The summed E-state index contributed by atoms with van der Waals surface area (Å²) in [5, 5.41) is 20.5. The molecule has 1 atom stereocenters. The molecule has 0 aliphatic rings. The number of hydrogen-bond donors (Lipinski definition) is 3. The van der Waals surface area contributed by atoms with E-state index in [1.165, 1.54) is 6.07 Å². The van der Waals surface area contributed by atoms with Gasteiger partial charge in [-0.25, -0.2) is 4.39 Å². The van der Waals surface area contributed by atoms with Crippen molar-refractivity contribution in [3.8, 4) is 0 Å². The molecule has 0 amide bonds. The predicted molar refractivity (Wildman–Crippen MR) is 57.9 cm³/mol. The molecule has 0 heterocycles. The minimum atomic E-state index is -1.06. The monoisotopic (exact) mass is 227 g/mol. The first-order valence-corrected chi connectivity index (χ1v) is 4.89. The van der Waals surface area contributed by atoms with Crippen LogP contribution in [0.1, 0.15) is 12.0 Å². The minimum absolute atomic E-state index is 0.0800. The lowest BCUT2D eigenvalue weighted by atomic mass is 10.2. The molecule has 0 aromatic heterocycles. The second kappa shape index (κ2) is 5.46. The fourth-order valence-electron chi connectivity index (χ4n) is 1.30. The Morgan fingerprint density at radius 3 is 2.88 bits per heavy atom. The summed E-state index contributed by atoms with van der Waals surface area (Å²) in [4.78, 5) is 10.3. The zero-order valence-electron chi connectivity index (χ0n) is 8.90. The maximum atomic E-state index is 13.1. The topological polar surface area (TPSA) is 69.6 Å². The van der Waals surface area contributed by atoms with Gasteiger partial charge in [-0.05, 0) is 19.1 Å². The van der Waals surface area contributed by atoms with Crippen LogP contribution in [0.2, 0.25) is 0 Å². The number of aliphatic carboxylic acids is 1. The predicted octanol–water partition coefficient (Wildman–Crippen LogP) is 1.38. The Kier molecular flexibility index (Phi) is 4.25. The summed E-state index contributed by atoms with van der Waals surface area (Å²) >= 11 is 0. The lowest BCUT2D eigenvalue weighted by Crippen LogP contribution is -2.23. The van der Waals surface area contributed by atoms with Crippen LogP contribution < -0.4 is 5.32 Å². The molecule has 16 heavy (non-hydrogen) atoms. The van der Waals surface area contributed by atoms with E-state index in [-0.39, 0.29) is 18.8 Å². The maximum Gasteiger partial charge on any atom is 0.306 e. The molecule has 0 bridgehead atoms. The molecular formula is C11H14FNO3. The highest BCUT2D eigenvalue weighted by Gasteiger charge is 2.10. The van der Waals surface area contributed by atoms with Gasteiger partial charge in [0.25, 0.3) is 0 Å². The average Bonchev–Trinajstić information content (AvgIpc) is 2.19. The maximum absolute atomic E-state index is 13.1. The number of halogens is 1. The van der Waals surface area contributed by atoms with Crippen LogP contribution in [0.4, 0.5) is 10.1 Å². The van der Waals surface area contributed by atoms with Gasteiger partial charge < -0.3 is 15.5 Å². The van der Waals surface area contributed by atoms with Gasteiger partial charge in [0.15, 0.2) is 0 Å². The van der Waals surface area contributed by atoms with E-state index in [1.807, 2.05) is 0 Å². The van der Waals surface area contributed by atoms with Gasteiger partial charge in [-0.15, -0.1) is 0 Å². The van der Waals surface area contributed by atoms with Crippen LogP contribution in [-0.4, -0.2) is 28.8 Å². The summed E-state index contributed by atoms with van der Waals surface area (Å²) in [5.41, 5.74) is 1.01. The number of anilines is 1. The van der Waals surface area contributed by atoms with Gasteiger partial charge in [0.05, 0.1) is 12.5 Å². The van der Waals surface area contributed by atoms with Crippen molar-refractivity contribution in [1.82, 2.24) is 0 Å². The number of aliphatic hydroxyl groups is 1. The third kappa shape index (κ3) is 3.51. The number of benzene rings is 1. The Morgan fingerprint density at radius 2 is 2.25 bits per heavy atom. The molecule has 0 fully saturated rings. The minimum Gasteiger partial charge on any atom is -0.481 e. The Labute approximate surface area is 92.7 Å². The first kappa shape index (κ1) is 12.4. The first-order valence-electron chi connectivity index (χ1n) is 4.89. The summed E-state index contributed by atoms with van der Waals surface area (Å²) in [6, 6.07) is 4.56. The quantitative estimate of drug-likeness (QED) is 0.710. The molecule has 4 nitrogen and oxygen atoms in total. The molecule has 0 radical (unpaired) electrons. The van der Waals surface area contributed by atoms with Crippen molar-refractivity contribution in [3.05, 3.63) is 29.6 Å². The summed E-state index contributed by atoms with van der Waals surface area (Å²) in [6.07, 6.45) is -1.32. The third-order valence-corrected chi connectivity index (χ3v) is 2.21. The van der Waals surface area contributed by atoms with E-state index in [2.05, 4.69) is 5.32 Å². The molecular weight excluding hydrogens is 213 g/mol. The Bertz CT molecular complexity index is 381. The van der Waals surface area contributed by atoms with E-state index in [9.17, 15) is 14.3 Å². The molecule has 88 valence electrons. The molecule has 0 aliphatic heterocycles. The highest BCUT2D eigenvalue weighted by molar-refractivity contribution is 5.67. The molecule has 0 aliphatic carbocycles. The van der Waals surface area contributed by atoms with Gasteiger partial charge in [0.2, 0.25) is 0 Å². The first-order chi connectivity index (χ1) is 7.50. The van der Waals surface area contributed by atoms with E-state index in [0.29, 0.717) is 11.3 Å². The second-order valence-corrected chi connectivity index (χ2v) is 3.54. The Hall–Kier alpha value is -1.62. The van der Waals surface area contributed by atoms with Gasteiger partial charge >= 0.3 is 5.97 Å². The van der Waals surface area contributed by atoms with Crippen molar-refractivity contribution in [2.75, 3.05) is 11.9 Å². The second-order valence-electron chi connectivity index (χ2n) is 3.54. The fourth-order valence-corrected chi connectivity index (χ4v) is 1.30. The van der Waals surface area contributed by atoms with Crippen LogP contribution in [0.3, 0.4) is 0 Å². The number of carbonyl (C=O) groups is 1. The number of nitrogens with one attached hydrogen (secondary N) is 1. The highest BCUT2D eigenvalue weighted by atomic mass is 19.1. The van der Waals surface area contributed by atoms with E-state index in [1.54, 1.807) is 19.1 Å². The van der Waals surface area contributed by atoms with Crippen molar-refractivity contribution < 1.29 is 19.4 Å². The molecule has 0 saturated heterocycles. The Morgan fingerprint density at radius 1 is 1.56 bits per heavy atom. The average molecular weight is 227 g/mol. The van der Waals surface area contributed by atoms with Crippen molar-refractivity contribution in [2.45, 2.75) is 19.4 Å². The van der Waals surface area contributed by atoms with Crippen LogP contribution >= 0.6 is 0 Å². The summed E-state index contributed by atoms with van der Waals surface area (Å²) in [6.45, 7) is 1.69. The van der Waals surface area contributed by atoms with Crippen LogP contribution in [-0.2, 0) is 4.79 Å². The zero-order valence-corrected chi connectivity index (χ0v) is 8.90. The third-order valence-electron chi connectivity index (χ3n) is 2.21. The molecule has 1 rings (SSSR count). The van der Waals surface area contributed by atoms with Gasteiger partial charge in [0, 0.05) is 17.8 Å². The molecule has 3 N–H and O–H groups in total. The van der Waals surface area contributed by atoms with Gasteiger partial charge in [0.1, 0.15) is 5.82 Å². The largest absolute Gasteiger partial charge is 0.481 e. The van der Waals surface area contributed by atoms with E-state index in [4.69, 9.17) is 5.11 Å². The number of carboxylic acid groups (broad SMARTS) is 1. The molecule has 1 aromatic rings. The van der Waals surface area contributed by atoms with Crippen LogP contribution in [0.15, 0.2) is 18.2 Å². The van der Waals surface area contributed by atoms with E-state index in [0.717, 1.165) is 0 Å². The normalized spacial score (nSPS) is 12.2. The molecule has 0 spiro atoms. The lowest BCUT2D eigenvalue weighted by Gasteiger charge is -2.13. The fraction of sp³-hybridized carbons (Fsp3) is 0.364. The number of hydrogen-bond acceptors (Lipinski definition) is 3. The molecule has 1 unspecified atom stereocenters. The lowest BCUT2D eigenvalue weighted by molar-refractivity contribution is -0.138. The smallest absolute Gasteiger partial charge is 0.306 e. The van der Waals surface area contributed by atoms with Crippen molar-refractivity contribution in [1.29, 1.82) is 0 Å². The van der Waals surface area contributed by atoms with Crippen molar-refractivity contribution >= 4 is 11.7 Å². The highest BCUT2D eigenvalue weighted by Crippen LogP contribution is 2.17. The SMILES string of the molecule is Cc1c(F)cccc1NCC(O)CC(=O)O. The number of carboxylic acids is 1. The van der Waals surface area contributed by atoms with Crippen LogP contribution in [0.25, 0.3) is 0 Å². The summed E-state index contributed by atoms with van der Waals surface area (Å²) < 4.78 is 13.1. The summed E-state index contributed by atoms with van der Waals surface area (Å²) in [5.74, 6) is -1.40. The molecule has 0 saturated carbocycles. The molecule has 5 heteroatoms. The van der Waals surface area contributed by atoms with Crippen LogP contribution in [0.5, 0.6) is 0 Å².